The predicted molar refractivity (Wildman–Crippen MR) is 187 cm³/mol. The number of rotatable bonds is 15. The molecule has 268 valence electrons. The van der Waals surface area contributed by atoms with Gasteiger partial charge < -0.3 is 34.9 Å². The summed E-state index contributed by atoms with van der Waals surface area (Å²) in [5.74, 6) is -1.68. The number of likely N-dealkylation sites (tertiary alicyclic amines) is 1. The van der Waals surface area contributed by atoms with E-state index in [-0.39, 0.29) is 36.6 Å². The van der Waals surface area contributed by atoms with Crippen LogP contribution in [0.2, 0.25) is 0 Å². The Morgan fingerprint density at radius 2 is 1.57 bits per heavy atom. The lowest BCUT2D eigenvalue weighted by Gasteiger charge is -2.33. The van der Waals surface area contributed by atoms with Crippen molar-refractivity contribution in [3.8, 4) is 5.75 Å². The van der Waals surface area contributed by atoms with Gasteiger partial charge in [0.1, 0.15) is 23.4 Å². The molecule has 1 saturated heterocycles. The molecule has 0 spiro atoms. The first-order valence-electron chi connectivity index (χ1n) is 16.9. The summed E-state index contributed by atoms with van der Waals surface area (Å²) in [5, 5.41) is 15.4. The molecule has 5 atom stereocenters. The number of phenolic OH excluding ortho intramolecular Hbond substituents is 1. The van der Waals surface area contributed by atoms with Crippen molar-refractivity contribution in [3.63, 3.8) is 0 Å². The van der Waals surface area contributed by atoms with Crippen molar-refractivity contribution >= 4 is 23.9 Å². The second kappa shape index (κ2) is 18.4. The van der Waals surface area contributed by atoms with Gasteiger partial charge in [0, 0.05) is 13.5 Å². The van der Waals surface area contributed by atoms with Crippen LogP contribution in [0.1, 0.15) is 65.0 Å². The third-order valence-electron chi connectivity index (χ3n) is 8.22. The number of alkyl carbamates (subject to hydrolysis) is 1. The smallest absolute Gasteiger partial charge is 0.408 e. The molecule has 0 aromatic heterocycles. The van der Waals surface area contributed by atoms with Crippen LogP contribution in [0, 0.1) is 11.8 Å². The van der Waals surface area contributed by atoms with Crippen molar-refractivity contribution in [2.24, 2.45) is 11.8 Å². The number of nitrogens with zero attached hydrogens (tertiary/aromatic N) is 1. The summed E-state index contributed by atoms with van der Waals surface area (Å²) in [6.07, 6.45) is 5.18. The number of nitrogens with one attached hydrogen (secondary N) is 2. The Hall–Kier alpha value is -4.38. The van der Waals surface area contributed by atoms with Gasteiger partial charge in [-0.25, -0.2) is 9.59 Å². The zero-order chi connectivity index (χ0) is 36.1. The number of ether oxygens (including phenoxy) is 3. The van der Waals surface area contributed by atoms with E-state index in [2.05, 4.69) is 24.5 Å². The Kier molecular flexibility index (Phi) is 14.7. The molecule has 2 aromatic rings. The minimum absolute atomic E-state index is 0.0851. The molecule has 0 radical (unpaired) electrons. The molecule has 2 aromatic carbocycles. The number of hydrogen-bond acceptors (Lipinski definition) is 8. The monoisotopic (exact) mass is 679 g/mol. The zero-order valence-corrected chi connectivity index (χ0v) is 29.8. The van der Waals surface area contributed by atoms with E-state index in [0.29, 0.717) is 31.2 Å². The molecule has 49 heavy (non-hydrogen) atoms. The van der Waals surface area contributed by atoms with E-state index in [1.807, 2.05) is 42.5 Å². The number of phenols is 1. The van der Waals surface area contributed by atoms with Crippen molar-refractivity contribution in [1.29, 1.82) is 0 Å². The van der Waals surface area contributed by atoms with Gasteiger partial charge in [0.2, 0.25) is 11.8 Å². The molecule has 3 rings (SSSR count). The van der Waals surface area contributed by atoms with Crippen molar-refractivity contribution in [2.45, 2.75) is 96.5 Å². The van der Waals surface area contributed by atoms with Gasteiger partial charge in [-0.3, -0.25) is 9.59 Å². The fourth-order valence-corrected chi connectivity index (χ4v) is 6.02. The third kappa shape index (κ3) is 12.5. The van der Waals surface area contributed by atoms with Crippen molar-refractivity contribution in [3.05, 3.63) is 77.9 Å². The van der Waals surface area contributed by atoms with Crippen LogP contribution in [-0.2, 0) is 41.4 Å². The number of hydrogen-bond donors (Lipinski definition) is 3. The standard InChI is InChI=1S/C38H53N3O8/c1-25(2)21-29(39-37(46)49-38(3,4)5)16-15-28(22-26-11-9-8-10-12-26)35(44)41-30(24-47-6)17-20-33(41)34(43)40-32(36(45)48-7)23-27-13-18-31(42)19-14-27/h8-16,18-19,25,28-30,32-33,42H,17,20-24H2,1-7H3,(H,39,46)(H,40,43)/b16-15+/t28-,29-,30?,32+,33+/m1/s1. The Labute approximate surface area is 290 Å². The highest BCUT2D eigenvalue weighted by molar-refractivity contribution is 5.92. The molecular formula is C38H53N3O8. The summed E-state index contributed by atoms with van der Waals surface area (Å²) in [4.78, 5) is 55.6. The van der Waals surface area contributed by atoms with Gasteiger partial charge in [0.25, 0.3) is 0 Å². The Morgan fingerprint density at radius 3 is 2.16 bits per heavy atom. The summed E-state index contributed by atoms with van der Waals surface area (Å²) in [7, 11) is 2.81. The fourth-order valence-electron chi connectivity index (χ4n) is 6.02. The highest BCUT2D eigenvalue weighted by Gasteiger charge is 2.43. The summed E-state index contributed by atoms with van der Waals surface area (Å²) >= 11 is 0. The van der Waals surface area contributed by atoms with Gasteiger partial charge in [-0.1, -0.05) is 68.5 Å². The Morgan fingerprint density at radius 1 is 0.918 bits per heavy atom. The second-order valence-corrected chi connectivity index (χ2v) is 14.0. The molecule has 1 aliphatic rings. The lowest BCUT2D eigenvalue weighted by atomic mass is 9.94. The van der Waals surface area contributed by atoms with Gasteiger partial charge in [0.15, 0.2) is 0 Å². The fraction of sp³-hybridized carbons (Fsp3) is 0.526. The van der Waals surface area contributed by atoms with Gasteiger partial charge in [-0.05, 0) is 75.6 Å². The lowest BCUT2D eigenvalue weighted by Crippen LogP contribution is -2.55. The first-order chi connectivity index (χ1) is 23.2. The molecule has 1 fully saturated rings. The number of aromatic hydroxyl groups is 1. The molecule has 1 aliphatic heterocycles. The first kappa shape index (κ1) is 39.1. The maximum atomic E-state index is 14.6. The minimum atomic E-state index is -1.00. The van der Waals surface area contributed by atoms with Crippen molar-refractivity contribution in [1.82, 2.24) is 15.5 Å². The van der Waals surface area contributed by atoms with Crippen LogP contribution in [0.25, 0.3) is 0 Å². The van der Waals surface area contributed by atoms with Crippen LogP contribution in [0.3, 0.4) is 0 Å². The summed E-state index contributed by atoms with van der Waals surface area (Å²) < 4.78 is 16.0. The molecule has 0 saturated carbocycles. The zero-order valence-electron chi connectivity index (χ0n) is 29.8. The second-order valence-electron chi connectivity index (χ2n) is 14.0. The maximum absolute atomic E-state index is 14.6. The summed E-state index contributed by atoms with van der Waals surface area (Å²) in [5.41, 5.74) is 0.990. The van der Waals surface area contributed by atoms with Gasteiger partial charge in [0.05, 0.1) is 31.7 Å². The average Bonchev–Trinajstić information content (AvgIpc) is 3.46. The molecular weight excluding hydrogens is 626 g/mol. The Balaban J connectivity index is 1.93. The molecule has 3 N–H and O–H groups in total. The number of carbonyl (C=O) groups is 4. The normalized spacial score (nSPS) is 18.2. The predicted octanol–water partition coefficient (Wildman–Crippen LogP) is 4.95. The quantitative estimate of drug-likeness (QED) is 0.177. The van der Waals surface area contributed by atoms with E-state index in [9.17, 15) is 24.3 Å². The van der Waals surface area contributed by atoms with Crippen LogP contribution in [0.5, 0.6) is 5.75 Å². The molecule has 3 amide bonds. The van der Waals surface area contributed by atoms with E-state index in [0.717, 1.165) is 5.56 Å². The molecule has 1 heterocycles. The minimum Gasteiger partial charge on any atom is -0.508 e. The largest absolute Gasteiger partial charge is 0.508 e. The number of methoxy groups -OCH3 is 2. The van der Waals surface area contributed by atoms with Crippen molar-refractivity contribution in [2.75, 3.05) is 20.8 Å². The highest BCUT2D eigenvalue weighted by Crippen LogP contribution is 2.29. The molecule has 0 bridgehead atoms. The van der Waals surface area contributed by atoms with E-state index >= 15 is 0 Å². The lowest BCUT2D eigenvalue weighted by molar-refractivity contribution is -0.147. The van der Waals surface area contributed by atoms with Gasteiger partial charge in [-0.15, -0.1) is 0 Å². The maximum Gasteiger partial charge on any atom is 0.408 e. The van der Waals surface area contributed by atoms with Crippen molar-refractivity contribution < 1.29 is 38.5 Å². The van der Waals surface area contributed by atoms with E-state index < -0.39 is 47.6 Å². The van der Waals surface area contributed by atoms with Crippen LogP contribution in [0.4, 0.5) is 4.79 Å². The van der Waals surface area contributed by atoms with Crippen LogP contribution in [0.15, 0.2) is 66.7 Å². The van der Waals surface area contributed by atoms with Gasteiger partial charge >= 0.3 is 12.1 Å². The number of esters is 1. The number of benzene rings is 2. The molecule has 11 nitrogen and oxygen atoms in total. The van der Waals surface area contributed by atoms with E-state index in [4.69, 9.17) is 14.2 Å². The summed E-state index contributed by atoms with van der Waals surface area (Å²) in [6.45, 7) is 9.74. The van der Waals surface area contributed by atoms with Crippen LogP contribution in [-0.4, -0.2) is 84.5 Å². The third-order valence-corrected chi connectivity index (χ3v) is 8.22. The molecule has 1 unspecified atom stereocenters. The SMILES string of the molecule is COCC1CC[C@@H](C(=O)N[C@@H](Cc2ccc(O)cc2)C(=O)OC)N1C(=O)[C@H](/C=C/[C@H](CC(C)C)NC(=O)OC(C)(C)C)Cc1ccccc1. The molecule has 0 aliphatic carbocycles. The first-order valence-corrected chi connectivity index (χ1v) is 16.9. The van der Waals surface area contributed by atoms with Crippen LogP contribution >= 0.6 is 0 Å². The summed E-state index contributed by atoms with van der Waals surface area (Å²) in [6, 6.07) is 13.4. The van der Waals surface area contributed by atoms with E-state index in [1.54, 1.807) is 44.9 Å². The number of carbonyl (C=O) groups excluding carboxylic acids is 4. The molecule has 11 heteroatoms. The Bertz CT molecular complexity index is 1400. The van der Waals surface area contributed by atoms with Gasteiger partial charge in [-0.2, -0.15) is 0 Å². The topological polar surface area (TPSA) is 143 Å². The average molecular weight is 680 g/mol. The van der Waals surface area contributed by atoms with E-state index in [1.165, 1.54) is 19.2 Å². The number of amides is 3. The van der Waals surface area contributed by atoms with Crippen LogP contribution < -0.4 is 10.6 Å². The highest BCUT2D eigenvalue weighted by atomic mass is 16.6.